The van der Waals surface area contributed by atoms with Crippen LogP contribution in [-0.4, -0.2) is 37.9 Å². The van der Waals surface area contributed by atoms with Gasteiger partial charge in [-0.25, -0.2) is 8.78 Å². The van der Waals surface area contributed by atoms with E-state index in [1.165, 1.54) is 19.2 Å². The van der Waals surface area contributed by atoms with Crippen molar-refractivity contribution in [1.29, 1.82) is 0 Å². The van der Waals surface area contributed by atoms with Crippen molar-refractivity contribution >= 4 is 17.5 Å². The third-order valence-electron chi connectivity index (χ3n) is 5.97. The molecule has 1 amide bonds. The highest BCUT2D eigenvalue weighted by atomic mass is 35.5. The van der Waals surface area contributed by atoms with Gasteiger partial charge in [-0.3, -0.25) is 4.79 Å². The van der Waals surface area contributed by atoms with Gasteiger partial charge in [0.2, 0.25) is 5.91 Å². The standard InChI is InChI=1S/C25H23ClF2N2O5/c1-33-23-19-17(35-25(23,12-29)13-5-3-2-4-6-13)11-15(27)21(26)20(19)18-14(24(30)32)7-8-16(22(18)28)34-10-9-31/h2-8,11,23,31H,9-10,12,29H2,1H3,(H2,30,32)/t23-,25+/m0/s1. The Morgan fingerprint density at radius 2 is 1.91 bits per heavy atom. The van der Waals surface area contributed by atoms with Gasteiger partial charge in [0.05, 0.1) is 17.2 Å². The van der Waals surface area contributed by atoms with E-state index >= 15 is 8.78 Å². The zero-order valence-electron chi connectivity index (χ0n) is 18.7. The van der Waals surface area contributed by atoms with Crippen LogP contribution in [-0.2, 0) is 10.3 Å². The smallest absolute Gasteiger partial charge is 0.249 e. The molecule has 10 heteroatoms. The van der Waals surface area contributed by atoms with E-state index < -0.39 is 34.3 Å². The Labute approximate surface area is 205 Å². The van der Waals surface area contributed by atoms with Gasteiger partial charge in [-0.15, -0.1) is 0 Å². The van der Waals surface area contributed by atoms with Crippen molar-refractivity contribution < 1.29 is 32.9 Å². The average Bonchev–Trinajstić information content (AvgIpc) is 3.18. The van der Waals surface area contributed by atoms with Crippen molar-refractivity contribution in [3.05, 3.63) is 81.9 Å². The summed E-state index contributed by atoms with van der Waals surface area (Å²) in [7, 11) is 1.41. The largest absolute Gasteiger partial charge is 0.488 e. The van der Waals surface area contributed by atoms with Gasteiger partial charge in [-0.05, 0) is 17.7 Å². The van der Waals surface area contributed by atoms with Crippen LogP contribution in [0.2, 0.25) is 5.02 Å². The fourth-order valence-electron chi connectivity index (χ4n) is 4.47. The van der Waals surface area contributed by atoms with Gasteiger partial charge in [0.25, 0.3) is 0 Å². The summed E-state index contributed by atoms with van der Waals surface area (Å²) in [6, 6.07) is 12.4. The Kier molecular flexibility index (Phi) is 6.95. The van der Waals surface area contributed by atoms with Crippen LogP contribution in [0.15, 0.2) is 48.5 Å². The van der Waals surface area contributed by atoms with E-state index in [2.05, 4.69) is 0 Å². The predicted molar refractivity (Wildman–Crippen MR) is 125 cm³/mol. The molecule has 35 heavy (non-hydrogen) atoms. The SMILES string of the molecule is CO[C@H]1c2c(cc(F)c(Cl)c2-c2c(C(N)=O)ccc(OCCO)c2F)O[C@]1(CN)c1ccccc1. The number of amides is 1. The maximum Gasteiger partial charge on any atom is 0.249 e. The molecule has 0 aromatic heterocycles. The highest BCUT2D eigenvalue weighted by Gasteiger charge is 2.52. The summed E-state index contributed by atoms with van der Waals surface area (Å²) in [5.41, 5.74) is 10.5. The van der Waals surface area contributed by atoms with Crippen LogP contribution in [0, 0.1) is 11.6 Å². The summed E-state index contributed by atoms with van der Waals surface area (Å²) in [5.74, 6) is -3.15. The number of aliphatic hydroxyl groups is 1. The molecule has 3 aromatic carbocycles. The Bertz CT molecular complexity index is 1270. The first-order chi connectivity index (χ1) is 16.8. The van der Waals surface area contributed by atoms with E-state index in [0.29, 0.717) is 5.56 Å². The normalized spacial score (nSPS) is 18.7. The van der Waals surface area contributed by atoms with Crippen LogP contribution in [0.5, 0.6) is 11.5 Å². The van der Waals surface area contributed by atoms with Gasteiger partial charge in [0.15, 0.2) is 17.2 Å². The number of aliphatic hydroxyl groups excluding tert-OH is 1. The van der Waals surface area contributed by atoms with Gasteiger partial charge in [-0.2, -0.15) is 0 Å². The number of nitrogens with two attached hydrogens (primary N) is 2. The lowest BCUT2D eigenvalue weighted by molar-refractivity contribution is -0.0504. The van der Waals surface area contributed by atoms with Crippen LogP contribution < -0.4 is 20.9 Å². The second-order valence-electron chi connectivity index (χ2n) is 7.87. The fourth-order valence-corrected chi connectivity index (χ4v) is 4.72. The molecule has 1 aliphatic heterocycles. The molecule has 0 aliphatic carbocycles. The van der Waals surface area contributed by atoms with Gasteiger partial charge in [0, 0.05) is 36.4 Å². The summed E-state index contributed by atoms with van der Waals surface area (Å²) in [4.78, 5) is 12.3. The number of hydrogen-bond donors (Lipinski definition) is 3. The number of methoxy groups -OCH3 is 1. The third-order valence-corrected chi connectivity index (χ3v) is 6.34. The first kappa shape index (κ1) is 24.9. The lowest BCUT2D eigenvalue weighted by Crippen LogP contribution is -2.43. The zero-order valence-corrected chi connectivity index (χ0v) is 19.4. The maximum atomic E-state index is 15.8. The Hall–Kier alpha value is -3.24. The molecule has 0 saturated heterocycles. The average molecular weight is 505 g/mol. The quantitative estimate of drug-likeness (QED) is 0.431. The molecule has 0 bridgehead atoms. The van der Waals surface area contributed by atoms with Gasteiger partial charge >= 0.3 is 0 Å². The van der Waals surface area contributed by atoms with Crippen molar-refractivity contribution in [2.24, 2.45) is 11.5 Å². The molecule has 0 unspecified atom stereocenters. The molecular weight excluding hydrogens is 482 g/mol. The minimum absolute atomic E-state index is 0.0274. The molecule has 4 rings (SSSR count). The van der Waals surface area contributed by atoms with Crippen LogP contribution in [0.25, 0.3) is 11.1 Å². The molecular formula is C25H23ClF2N2O5. The monoisotopic (exact) mass is 504 g/mol. The van der Waals surface area contributed by atoms with Crippen LogP contribution >= 0.6 is 11.6 Å². The Morgan fingerprint density at radius 1 is 1.20 bits per heavy atom. The molecule has 7 nitrogen and oxygen atoms in total. The van der Waals surface area contributed by atoms with Gasteiger partial charge in [0.1, 0.15) is 24.3 Å². The Balaban J connectivity index is 2.05. The van der Waals surface area contributed by atoms with E-state index in [4.69, 9.17) is 42.4 Å². The zero-order chi connectivity index (χ0) is 25.3. The number of halogens is 3. The number of benzene rings is 3. The van der Waals surface area contributed by atoms with Crippen molar-refractivity contribution in [1.82, 2.24) is 0 Å². The molecule has 3 aromatic rings. The minimum Gasteiger partial charge on any atom is -0.488 e. The van der Waals surface area contributed by atoms with Crippen LogP contribution in [0.1, 0.15) is 27.6 Å². The highest BCUT2D eigenvalue weighted by molar-refractivity contribution is 6.34. The molecule has 0 spiro atoms. The third kappa shape index (κ3) is 4.00. The number of rotatable bonds is 8. The molecule has 184 valence electrons. The van der Waals surface area contributed by atoms with Crippen LogP contribution in [0.3, 0.4) is 0 Å². The van der Waals surface area contributed by atoms with Crippen molar-refractivity contribution in [2.75, 3.05) is 26.9 Å². The van der Waals surface area contributed by atoms with E-state index in [9.17, 15) is 4.79 Å². The van der Waals surface area contributed by atoms with Gasteiger partial charge in [-0.1, -0.05) is 41.9 Å². The summed E-state index contributed by atoms with van der Waals surface area (Å²) in [5, 5.41) is 8.62. The van der Waals surface area contributed by atoms with Crippen molar-refractivity contribution in [3.8, 4) is 22.6 Å². The second kappa shape index (κ2) is 9.79. The molecule has 1 heterocycles. The van der Waals surface area contributed by atoms with E-state index in [0.717, 1.165) is 6.07 Å². The molecule has 0 fully saturated rings. The van der Waals surface area contributed by atoms with Crippen molar-refractivity contribution in [3.63, 3.8) is 0 Å². The van der Waals surface area contributed by atoms with E-state index in [-0.39, 0.29) is 53.5 Å². The summed E-state index contributed by atoms with van der Waals surface area (Å²) in [6.45, 7) is -0.665. The topological polar surface area (TPSA) is 117 Å². The second-order valence-corrected chi connectivity index (χ2v) is 8.25. The molecule has 0 radical (unpaired) electrons. The molecule has 2 atom stereocenters. The molecule has 0 saturated carbocycles. The summed E-state index contributed by atoms with van der Waals surface area (Å²) >= 11 is 6.40. The summed E-state index contributed by atoms with van der Waals surface area (Å²) < 4.78 is 48.2. The molecule has 1 aliphatic rings. The number of carbonyl (C=O) groups excluding carboxylic acids is 1. The van der Waals surface area contributed by atoms with E-state index in [1.807, 2.05) is 6.07 Å². The maximum absolute atomic E-state index is 15.8. The predicted octanol–water partition coefficient (Wildman–Crippen LogP) is 3.69. The first-order valence-electron chi connectivity index (χ1n) is 10.7. The highest BCUT2D eigenvalue weighted by Crippen LogP contribution is 2.56. The minimum atomic E-state index is -1.29. The Morgan fingerprint density at radius 3 is 2.51 bits per heavy atom. The van der Waals surface area contributed by atoms with Gasteiger partial charge < -0.3 is 30.8 Å². The number of fused-ring (bicyclic) bond motifs is 1. The number of ether oxygens (including phenoxy) is 3. The lowest BCUT2D eigenvalue weighted by Gasteiger charge is -2.33. The fraction of sp³-hybridized carbons (Fsp3) is 0.240. The van der Waals surface area contributed by atoms with Crippen molar-refractivity contribution in [2.45, 2.75) is 11.7 Å². The summed E-state index contributed by atoms with van der Waals surface area (Å²) in [6.07, 6.45) is -0.958. The number of primary amides is 1. The van der Waals surface area contributed by atoms with E-state index in [1.54, 1.807) is 24.3 Å². The first-order valence-corrected chi connectivity index (χ1v) is 11.0. The van der Waals surface area contributed by atoms with Crippen LogP contribution in [0.4, 0.5) is 8.78 Å². The lowest BCUT2D eigenvalue weighted by atomic mass is 9.83. The number of hydrogen-bond acceptors (Lipinski definition) is 6. The number of carbonyl (C=O) groups is 1. The molecule has 5 N–H and O–H groups in total.